The molecule has 0 aliphatic carbocycles. The number of benzene rings is 1. The van der Waals surface area contributed by atoms with Gasteiger partial charge in [-0.15, -0.1) is 0 Å². The van der Waals surface area contributed by atoms with E-state index >= 15 is 0 Å². The van der Waals surface area contributed by atoms with E-state index in [0.717, 1.165) is 4.31 Å². The Bertz CT molecular complexity index is 644. The van der Waals surface area contributed by atoms with Gasteiger partial charge in [0.15, 0.2) is 0 Å². The van der Waals surface area contributed by atoms with Crippen LogP contribution in [0, 0.1) is 12.8 Å². The van der Waals surface area contributed by atoms with E-state index in [4.69, 9.17) is 23.1 Å². The maximum atomic E-state index is 12.7. The Kier molecular flexibility index (Phi) is 5.61. The number of aryl methyl sites for hydroxylation is 1. The van der Waals surface area contributed by atoms with Gasteiger partial charge < -0.3 is 11.5 Å². The molecule has 0 saturated carbocycles. The fourth-order valence-corrected chi connectivity index (χ4v) is 3.94. The van der Waals surface area contributed by atoms with Gasteiger partial charge in [0, 0.05) is 6.54 Å². The zero-order valence-corrected chi connectivity index (χ0v) is 13.8. The molecule has 0 unspecified atom stereocenters. The van der Waals surface area contributed by atoms with Crippen molar-refractivity contribution in [2.75, 3.05) is 18.8 Å². The van der Waals surface area contributed by atoms with Gasteiger partial charge in [0.2, 0.25) is 15.9 Å². The monoisotopic (exact) mass is 333 g/mol. The molecule has 0 saturated heterocycles. The minimum absolute atomic E-state index is 0.0336. The maximum absolute atomic E-state index is 12.7. The summed E-state index contributed by atoms with van der Waals surface area (Å²) in [5.74, 6) is -0.664. The van der Waals surface area contributed by atoms with Crippen LogP contribution in [-0.2, 0) is 14.8 Å². The molecule has 0 aliphatic rings. The van der Waals surface area contributed by atoms with Gasteiger partial charge in [0.1, 0.15) is 0 Å². The van der Waals surface area contributed by atoms with E-state index in [0.29, 0.717) is 5.56 Å². The standard InChI is InChI=1S/C13H20ClN3O3S/c1-8(2)6-17(7-13(16)18)21(19,20)12-5-11(15)10(14)4-9(12)3/h4-5,8H,6-7,15H2,1-3H3,(H2,16,18). The first-order valence-corrected chi connectivity index (χ1v) is 8.21. The molecule has 21 heavy (non-hydrogen) atoms. The molecular formula is C13H20ClN3O3S. The van der Waals surface area contributed by atoms with Gasteiger partial charge in [0.25, 0.3) is 0 Å². The molecule has 0 radical (unpaired) electrons. The summed E-state index contributed by atoms with van der Waals surface area (Å²) in [6.07, 6.45) is 0. The highest BCUT2D eigenvalue weighted by atomic mass is 35.5. The summed E-state index contributed by atoms with van der Waals surface area (Å²) >= 11 is 5.88. The van der Waals surface area contributed by atoms with Crippen molar-refractivity contribution in [2.45, 2.75) is 25.7 Å². The van der Waals surface area contributed by atoms with E-state index in [-0.39, 0.29) is 34.6 Å². The average Bonchev–Trinajstić information content (AvgIpc) is 2.31. The minimum atomic E-state index is -3.87. The van der Waals surface area contributed by atoms with Crippen molar-refractivity contribution < 1.29 is 13.2 Å². The van der Waals surface area contributed by atoms with E-state index in [1.807, 2.05) is 13.8 Å². The molecule has 0 bridgehead atoms. The summed E-state index contributed by atoms with van der Waals surface area (Å²) in [4.78, 5) is 11.2. The SMILES string of the molecule is Cc1cc(Cl)c(N)cc1S(=O)(=O)N(CC(N)=O)CC(C)C. The number of hydrogen-bond acceptors (Lipinski definition) is 4. The van der Waals surface area contributed by atoms with Crippen LogP contribution in [0.3, 0.4) is 0 Å². The third kappa shape index (κ3) is 4.33. The van der Waals surface area contributed by atoms with E-state index in [9.17, 15) is 13.2 Å². The lowest BCUT2D eigenvalue weighted by atomic mass is 10.2. The number of anilines is 1. The van der Waals surface area contributed by atoms with E-state index < -0.39 is 15.9 Å². The molecule has 1 aromatic rings. The van der Waals surface area contributed by atoms with Crippen LogP contribution >= 0.6 is 11.6 Å². The Balaban J connectivity index is 3.34. The number of nitrogens with two attached hydrogens (primary N) is 2. The normalized spacial score (nSPS) is 12.1. The molecule has 1 aromatic carbocycles. The van der Waals surface area contributed by atoms with Crippen LogP contribution in [0.1, 0.15) is 19.4 Å². The summed E-state index contributed by atoms with van der Waals surface area (Å²) in [6, 6.07) is 2.79. The topological polar surface area (TPSA) is 106 Å². The first-order chi connectivity index (χ1) is 9.55. The number of halogens is 1. The van der Waals surface area contributed by atoms with Gasteiger partial charge in [-0.3, -0.25) is 4.79 Å². The van der Waals surface area contributed by atoms with Crippen LogP contribution in [0.15, 0.2) is 17.0 Å². The highest BCUT2D eigenvalue weighted by Crippen LogP contribution is 2.28. The van der Waals surface area contributed by atoms with Gasteiger partial charge >= 0.3 is 0 Å². The zero-order chi connectivity index (χ0) is 16.4. The number of carbonyl (C=O) groups is 1. The maximum Gasteiger partial charge on any atom is 0.243 e. The lowest BCUT2D eigenvalue weighted by Crippen LogP contribution is -2.40. The number of primary amides is 1. The van der Waals surface area contributed by atoms with Crippen LogP contribution in [0.2, 0.25) is 5.02 Å². The molecule has 0 heterocycles. The van der Waals surface area contributed by atoms with Crippen LogP contribution in [-0.4, -0.2) is 31.7 Å². The Hall–Kier alpha value is -1.31. The predicted molar refractivity (Wildman–Crippen MR) is 83.4 cm³/mol. The summed E-state index contributed by atoms with van der Waals surface area (Å²) in [5.41, 5.74) is 11.5. The summed E-state index contributed by atoms with van der Waals surface area (Å²) < 4.78 is 26.5. The average molecular weight is 334 g/mol. The van der Waals surface area contributed by atoms with Crippen molar-refractivity contribution in [2.24, 2.45) is 11.7 Å². The number of carbonyl (C=O) groups excluding carboxylic acids is 1. The number of nitrogen functional groups attached to an aromatic ring is 1. The lowest BCUT2D eigenvalue weighted by molar-refractivity contribution is -0.118. The van der Waals surface area contributed by atoms with Crippen molar-refractivity contribution in [1.29, 1.82) is 0 Å². The first-order valence-electron chi connectivity index (χ1n) is 6.39. The van der Waals surface area contributed by atoms with Crippen molar-refractivity contribution in [3.05, 3.63) is 22.7 Å². The fraction of sp³-hybridized carbons (Fsp3) is 0.462. The Morgan fingerprint density at radius 3 is 2.43 bits per heavy atom. The molecule has 0 spiro atoms. The number of rotatable bonds is 6. The lowest BCUT2D eigenvalue weighted by Gasteiger charge is -2.23. The molecule has 0 aromatic heterocycles. The second-order valence-corrected chi connectivity index (χ2v) is 7.61. The summed E-state index contributed by atoms with van der Waals surface area (Å²) in [6.45, 7) is 5.14. The summed E-state index contributed by atoms with van der Waals surface area (Å²) in [7, 11) is -3.87. The molecule has 0 aliphatic heterocycles. The third-order valence-corrected chi connectivity index (χ3v) is 5.09. The van der Waals surface area contributed by atoms with Crippen LogP contribution < -0.4 is 11.5 Å². The molecule has 118 valence electrons. The molecule has 0 atom stereocenters. The Morgan fingerprint density at radius 2 is 1.95 bits per heavy atom. The van der Waals surface area contributed by atoms with Gasteiger partial charge in [-0.05, 0) is 30.5 Å². The molecular weight excluding hydrogens is 314 g/mol. The molecule has 8 heteroatoms. The largest absolute Gasteiger partial charge is 0.397 e. The quantitative estimate of drug-likeness (QED) is 0.766. The van der Waals surface area contributed by atoms with Gasteiger partial charge in [0.05, 0.1) is 22.2 Å². The summed E-state index contributed by atoms with van der Waals surface area (Å²) in [5, 5.41) is 0.289. The van der Waals surface area contributed by atoms with Crippen molar-refractivity contribution >= 4 is 33.2 Å². The van der Waals surface area contributed by atoms with E-state index in [1.54, 1.807) is 6.92 Å². The molecule has 1 rings (SSSR count). The third-order valence-electron chi connectivity index (χ3n) is 2.81. The Morgan fingerprint density at radius 1 is 1.38 bits per heavy atom. The van der Waals surface area contributed by atoms with Crippen LogP contribution in [0.5, 0.6) is 0 Å². The highest BCUT2D eigenvalue weighted by molar-refractivity contribution is 7.89. The molecule has 0 fully saturated rings. The fourth-order valence-electron chi connectivity index (χ4n) is 1.91. The molecule has 4 N–H and O–H groups in total. The van der Waals surface area contributed by atoms with Crippen LogP contribution in [0.4, 0.5) is 5.69 Å². The number of nitrogens with zero attached hydrogens (tertiary/aromatic N) is 1. The van der Waals surface area contributed by atoms with E-state index in [2.05, 4.69) is 0 Å². The molecule has 1 amide bonds. The van der Waals surface area contributed by atoms with Gasteiger partial charge in [-0.25, -0.2) is 8.42 Å². The number of hydrogen-bond donors (Lipinski definition) is 2. The second-order valence-electron chi connectivity index (χ2n) is 5.30. The number of sulfonamides is 1. The highest BCUT2D eigenvalue weighted by Gasteiger charge is 2.28. The predicted octanol–water partition coefficient (Wildman–Crippen LogP) is 1.36. The van der Waals surface area contributed by atoms with Crippen molar-refractivity contribution in [3.63, 3.8) is 0 Å². The van der Waals surface area contributed by atoms with E-state index in [1.165, 1.54) is 12.1 Å². The Labute approximate surface area is 130 Å². The second kappa shape index (κ2) is 6.64. The first kappa shape index (κ1) is 17.7. The van der Waals surface area contributed by atoms with Crippen molar-refractivity contribution in [1.82, 2.24) is 4.31 Å². The van der Waals surface area contributed by atoms with Gasteiger partial charge in [-0.2, -0.15) is 4.31 Å². The number of amides is 1. The smallest absolute Gasteiger partial charge is 0.243 e. The zero-order valence-electron chi connectivity index (χ0n) is 12.3. The van der Waals surface area contributed by atoms with Gasteiger partial charge in [-0.1, -0.05) is 25.4 Å². The minimum Gasteiger partial charge on any atom is -0.397 e. The van der Waals surface area contributed by atoms with Crippen LogP contribution in [0.25, 0.3) is 0 Å². The van der Waals surface area contributed by atoms with Crippen molar-refractivity contribution in [3.8, 4) is 0 Å². The molecule has 6 nitrogen and oxygen atoms in total.